The Balaban J connectivity index is 1.65. The molecular formula is C19H24O6S. The van der Waals surface area contributed by atoms with E-state index in [0.717, 1.165) is 17.7 Å². The zero-order valence-corrected chi connectivity index (χ0v) is 15.3. The van der Waals surface area contributed by atoms with Gasteiger partial charge < -0.3 is 29.9 Å². The van der Waals surface area contributed by atoms with Crippen LogP contribution >= 0.6 is 11.3 Å². The van der Waals surface area contributed by atoms with Crippen LogP contribution in [0.2, 0.25) is 0 Å². The summed E-state index contributed by atoms with van der Waals surface area (Å²) in [6, 6.07) is 10.1. The van der Waals surface area contributed by atoms with Crippen molar-refractivity contribution in [1.29, 1.82) is 0 Å². The molecule has 5 atom stereocenters. The molecule has 142 valence electrons. The predicted molar refractivity (Wildman–Crippen MR) is 97.3 cm³/mol. The van der Waals surface area contributed by atoms with Crippen molar-refractivity contribution in [2.45, 2.75) is 50.5 Å². The summed E-state index contributed by atoms with van der Waals surface area (Å²) in [6.07, 6.45) is -4.75. The highest BCUT2D eigenvalue weighted by Gasteiger charge is 2.44. The highest BCUT2D eigenvalue weighted by atomic mass is 32.1. The minimum atomic E-state index is -1.44. The van der Waals surface area contributed by atoms with Crippen LogP contribution in [0.4, 0.5) is 0 Å². The first-order valence-corrected chi connectivity index (χ1v) is 9.46. The molecule has 0 spiro atoms. The number of aliphatic hydroxyl groups excluding tert-OH is 4. The van der Waals surface area contributed by atoms with E-state index in [1.165, 1.54) is 11.1 Å². The fourth-order valence-corrected chi connectivity index (χ4v) is 3.73. The molecule has 0 saturated carbocycles. The smallest absolute Gasteiger partial charge is 0.229 e. The van der Waals surface area contributed by atoms with E-state index in [9.17, 15) is 20.4 Å². The molecule has 2 heterocycles. The molecule has 1 saturated heterocycles. The van der Waals surface area contributed by atoms with Gasteiger partial charge in [0.15, 0.2) is 0 Å². The predicted octanol–water partition coefficient (Wildman–Crippen LogP) is 1.02. The van der Waals surface area contributed by atoms with Crippen LogP contribution in [0.15, 0.2) is 35.7 Å². The average Bonchev–Trinajstić information content (AvgIpc) is 3.09. The third-order valence-electron chi connectivity index (χ3n) is 4.56. The van der Waals surface area contributed by atoms with Crippen LogP contribution in [-0.4, -0.2) is 57.7 Å². The van der Waals surface area contributed by atoms with Gasteiger partial charge in [0.05, 0.1) is 6.61 Å². The molecule has 1 aromatic heterocycles. The second kappa shape index (κ2) is 8.47. The Labute approximate surface area is 156 Å². The fourth-order valence-electron chi connectivity index (χ4n) is 2.92. The maximum absolute atomic E-state index is 10.1. The third kappa shape index (κ3) is 4.25. The monoisotopic (exact) mass is 380 g/mol. The maximum atomic E-state index is 10.1. The highest BCUT2D eigenvalue weighted by molar-refractivity contribution is 7.10. The summed E-state index contributed by atoms with van der Waals surface area (Å²) >= 11 is 1.55. The Morgan fingerprint density at radius 2 is 1.73 bits per heavy atom. The van der Waals surface area contributed by atoms with Crippen molar-refractivity contribution >= 4 is 11.3 Å². The van der Waals surface area contributed by atoms with Crippen LogP contribution in [0.25, 0.3) is 0 Å². The van der Waals surface area contributed by atoms with E-state index in [1.54, 1.807) is 17.4 Å². The number of ether oxygens (including phenoxy) is 2. The summed E-state index contributed by atoms with van der Waals surface area (Å²) in [5.74, 6) is 0.575. The van der Waals surface area contributed by atoms with Crippen LogP contribution < -0.4 is 4.74 Å². The first-order chi connectivity index (χ1) is 12.5. The van der Waals surface area contributed by atoms with Gasteiger partial charge in [-0.15, -0.1) is 11.3 Å². The number of thiophene rings is 1. The average molecular weight is 380 g/mol. The Morgan fingerprint density at radius 3 is 2.42 bits per heavy atom. The van der Waals surface area contributed by atoms with E-state index in [1.807, 2.05) is 5.38 Å². The summed E-state index contributed by atoms with van der Waals surface area (Å²) in [6.45, 7) is 1.57. The van der Waals surface area contributed by atoms with Crippen molar-refractivity contribution in [2.24, 2.45) is 0 Å². The summed E-state index contributed by atoms with van der Waals surface area (Å²) in [5.41, 5.74) is 2.44. The molecule has 6 nitrogen and oxygen atoms in total. The molecule has 1 aromatic carbocycles. The van der Waals surface area contributed by atoms with Gasteiger partial charge in [0.1, 0.15) is 30.2 Å². The molecule has 2 aromatic rings. The van der Waals surface area contributed by atoms with E-state index >= 15 is 0 Å². The number of aliphatic hydroxyl groups is 4. The van der Waals surface area contributed by atoms with Crippen LogP contribution in [0, 0.1) is 6.92 Å². The van der Waals surface area contributed by atoms with Gasteiger partial charge in [-0.05, 0) is 36.8 Å². The molecule has 0 radical (unpaired) electrons. The molecule has 5 unspecified atom stereocenters. The third-order valence-corrected chi connectivity index (χ3v) is 5.52. The molecule has 26 heavy (non-hydrogen) atoms. The summed E-state index contributed by atoms with van der Waals surface area (Å²) in [5, 5.41) is 41.0. The molecule has 7 heteroatoms. The molecule has 1 fully saturated rings. The van der Waals surface area contributed by atoms with Gasteiger partial charge >= 0.3 is 0 Å². The minimum absolute atomic E-state index is 0.477. The van der Waals surface area contributed by atoms with Crippen LogP contribution in [0.5, 0.6) is 5.75 Å². The molecule has 1 aliphatic rings. The standard InChI is InChI=1S/C19H24O6S/c1-11-2-4-12(5-3-11)6-7-15-13(8-9-26-15)24-19-18(23)17(22)16(21)14(10-20)25-19/h2-5,8-9,14,16-23H,6-7,10H2,1H3. The Morgan fingerprint density at radius 1 is 1.00 bits per heavy atom. The summed E-state index contributed by atoms with van der Waals surface area (Å²) in [4.78, 5) is 1.00. The minimum Gasteiger partial charge on any atom is -0.461 e. The number of rotatable bonds is 6. The summed E-state index contributed by atoms with van der Waals surface area (Å²) < 4.78 is 11.2. The quantitative estimate of drug-likeness (QED) is 0.597. The molecule has 0 aliphatic carbocycles. The lowest BCUT2D eigenvalue weighted by molar-refractivity contribution is -0.277. The van der Waals surface area contributed by atoms with Crippen molar-refractivity contribution in [3.63, 3.8) is 0 Å². The van der Waals surface area contributed by atoms with E-state index in [0.29, 0.717) is 5.75 Å². The molecule has 0 amide bonds. The SMILES string of the molecule is Cc1ccc(CCc2sccc2OC2OC(CO)C(O)C(O)C2O)cc1. The molecular weight excluding hydrogens is 356 g/mol. The normalized spacial score (nSPS) is 28.9. The Bertz CT molecular complexity index is 698. The van der Waals surface area contributed by atoms with Gasteiger partial charge in [-0.2, -0.15) is 0 Å². The van der Waals surface area contributed by atoms with Gasteiger partial charge in [-0.1, -0.05) is 29.8 Å². The second-order valence-electron chi connectivity index (χ2n) is 6.51. The maximum Gasteiger partial charge on any atom is 0.229 e. The lowest BCUT2D eigenvalue weighted by Crippen LogP contribution is -2.60. The number of aryl methyl sites for hydroxylation is 3. The number of hydrogen-bond acceptors (Lipinski definition) is 7. The van der Waals surface area contributed by atoms with Crippen molar-refractivity contribution < 1.29 is 29.9 Å². The lowest BCUT2D eigenvalue weighted by atomic mass is 9.99. The van der Waals surface area contributed by atoms with Gasteiger partial charge in [0.2, 0.25) is 6.29 Å². The van der Waals surface area contributed by atoms with Gasteiger partial charge in [-0.25, -0.2) is 0 Å². The van der Waals surface area contributed by atoms with Gasteiger partial charge in [0, 0.05) is 4.88 Å². The van der Waals surface area contributed by atoms with E-state index in [4.69, 9.17) is 9.47 Å². The van der Waals surface area contributed by atoms with E-state index in [-0.39, 0.29) is 0 Å². The van der Waals surface area contributed by atoms with Crippen LogP contribution in [0.1, 0.15) is 16.0 Å². The van der Waals surface area contributed by atoms with Crippen LogP contribution in [-0.2, 0) is 17.6 Å². The van der Waals surface area contributed by atoms with E-state index < -0.39 is 37.3 Å². The topological polar surface area (TPSA) is 99.4 Å². The Kier molecular flexibility index (Phi) is 6.29. The molecule has 1 aliphatic heterocycles. The molecule has 0 bridgehead atoms. The van der Waals surface area contributed by atoms with Gasteiger partial charge in [-0.3, -0.25) is 0 Å². The zero-order chi connectivity index (χ0) is 18.7. The summed E-state index contributed by atoms with van der Waals surface area (Å²) in [7, 11) is 0. The highest BCUT2D eigenvalue weighted by Crippen LogP contribution is 2.30. The van der Waals surface area contributed by atoms with Crippen molar-refractivity contribution in [1.82, 2.24) is 0 Å². The van der Waals surface area contributed by atoms with Crippen molar-refractivity contribution in [3.8, 4) is 5.75 Å². The largest absolute Gasteiger partial charge is 0.461 e. The van der Waals surface area contributed by atoms with Crippen molar-refractivity contribution in [2.75, 3.05) is 6.61 Å². The second-order valence-corrected chi connectivity index (χ2v) is 7.51. The lowest BCUT2D eigenvalue weighted by Gasteiger charge is -2.39. The Hall–Kier alpha value is -1.48. The molecule has 3 rings (SSSR count). The first-order valence-electron chi connectivity index (χ1n) is 8.58. The molecule has 4 N–H and O–H groups in total. The zero-order valence-electron chi connectivity index (χ0n) is 14.5. The fraction of sp³-hybridized carbons (Fsp3) is 0.474. The van der Waals surface area contributed by atoms with E-state index in [2.05, 4.69) is 31.2 Å². The number of hydrogen-bond donors (Lipinski definition) is 4. The van der Waals surface area contributed by atoms with Gasteiger partial charge in [0.25, 0.3) is 0 Å². The number of benzene rings is 1. The van der Waals surface area contributed by atoms with Crippen molar-refractivity contribution in [3.05, 3.63) is 51.7 Å². The first kappa shape index (κ1) is 19.3. The van der Waals surface area contributed by atoms with Crippen LogP contribution in [0.3, 0.4) is 0 Å².